The summed E-state index contributed by atoms with van der Waals surface area (Å²) in [5.74, 6) is 2.75. The van der Waals surface area contributed by atoms with Crippen LogP contribution in [-0.2, 0) is 0 Å². The molecule has 2 heterocycles. The van der Waals surface area contributed by atoms with E-state index >= 15 is 0 Å². The number of fused-ring (bicyclic) bond motifs is 2. The van der Waals surface area contributed by atoms with Crippen molar-refractivity contribution in [2.45, 2.75) is 111 Å². The van der Waals surface area contributed by atoms with Crippen molar-refractivity contribution in [3.8, 4) is 0 Å². The molecule has 0 aromatic rings. The van der Waals surface area contributed by atoms with Crippen molar-refractivity contribution in [3.05, 3.63) is 0 Å². The zero-order valence-corrected chi connectivity index (χ0v) is 19.7. The average Bonchev–Trinajstić information content (AvgIpc) is 3.22. The van der Waals surface area contributed by atoms with Crippen molar-refractivity contribution in [1.29, 1.82) is 0 Å². The molecule has 2 atom stereocenters. The molecule has 2 fully saturated rings. The maximum Gasteiger partial charge on any atom is 0.0716 e. The van der Waals surface area contributed by atoms with Crippen LogP contribution in [0.15, 0.2) is 0 Å². The predicted octanol–water partition coefficient (Wildman–Crippen LogP) is 6.83. The molecule has 2 aliphatic rings. The Labute approximate surface area is 180 Å². The van der Waals surface area contributed by atoms with Crippen LogP contribution in [0.3, 0.4) is 0 Å². The van der Waals surface area contributed by atoms with Gasteiger partial charge in [0.25, 0.3) is 0 Å². The molecular weight excluding hydrogens is 392 g/mol. The third-order valence-electron chi connectivity index (χ3n) is 5.91. The number of thioether (sulfide) groups is 3. The van der Waals surface area contributed by atoms with E-state index in [0.29, 0.717) is 21.4 Å². The summed E-state index contributed by atoms with van der Waals surface area (Å²) in [7, 11) is 0. The van der Waals surface area contributed by atoms with E-state index in [-0.39, 0.29) is 0 Å². The molecule has 2 N–H and O–H groups in total. The molecule has 5 heteroatoms. The lowest BCUT2D eigenvalue weighted by atomic mass is 10.1. The molecule has 0 amide bonds. The van der Waals surface area contributed by atoms with Crippen molar-refractivity contribution in [3.63, 3.8) is 0 Å². The van der Waals surface area contributed by atoms with Gasteiger partial charge in [0.1, 0.15) is 0 Å². The highest BCUT2D eigenvalue weighted by Crippen LogP contribution is 2.69. The summed E-state index contributed by atoms with van der Waals surface area (Å²) in [4.78, 5) is 0. The molecule has 0 radical (unpaired) electrons. The van der Waals surface area contributed by atoms with Gasteiger partial charge in [-0.1, -0.05) is 77.0 Å². The van der Waals surface area contributed by atoms with Gasteiger partial charge in [-0.3, -0.25) is 0 Å². The minimum Gasteiger partial charge on any atom is -0.396 e. The number of aliphatic hydroxyl groups is 2. The normalized spacial score (nSPS) is 26.9. The standard InChI is InChI=1S/C22H42O2S3/c23-17-13-9-5-1-3-7-11-15-21-19-26-22(27-21,20-25-21)16-12-8-4-2-6-10-14-18-24/h23-24H,1-20H2. The second-order valence-corrected chi connectivity index (χ2v) is 13.4. The van der Waals surface area contributed by atoms with Crippen LogP contribution in [0, 0.1) is 0 Å². The van der Waals surface area contributed by atoms with E-state index in [1.165, 1.54) is 101 Å². The fourth-order valence-electron chi connectivity index (χ4n) is 4.19. The zero-order valence-electron chi connectivity index (χ0n) is 17.3. The Morgan fingerprint density at radius 2 is 0.815 bits per heavy atom. The number of hydrogen-bond acceptors (Lipinski definition) is 5. The van der Waals surface area contributed by atoms with E-state index in [1.807, 2.05) is 0 Å². The van der Waals surface area contributed by atoms with Crippen LogP contribution >= 0.6 is 35.3 Å². The van der Waals surface area contributed by atoms with E-state index in [4.69, 9.17) is 10.2 Å². The SMILES string of the molecule is OCCCCCCCCCC12CSC(CCCCCCCCCO)(CS1)S2. The van der Waals surface area contributed by atoms with Crippen molar-refractivity contribution in [2.24, 2.45) is 0 Å². The first kappa shape index (κ1) is 24.2. The molecule has 0 aromatic heterocycles. The van der Waals surface area contributed by atoms with Crippen LogP contribution in [0.4, 0.5) is 0 Å². The minimum absolute atomic E-state index is 0.362. The molecule has 2 aliphatic heterocycles. The van der Waals surface area contributed by atoms with Crippen LogP contribution in [0.2, 0.25) is 0 Å². The second-order valence-electron chi connectivity index (χ2n) is 8.40. The van der Waals surface area contributed by atoms with Gasteiger partial charge in [-0.25, -0.2) is 0 Å². The molecule has 2 bridgehead atoms. The lowest BCUT2D eigenvalue weighted by molar-refractivity contribution is 0.282. The number of aliphatic hydroxyl groups excluding tert-OH is 2. The fraction of sp³-hybridized carbons (Fsp3) is 1.00. The highest BCUT2D eigenvalue weighted by Gasteiger charge is 2.55. The minimum atomic E-state index is 0.362. The Kier molecular flexibility index (Phi) is 12.6. The third-order valence-corrected chi connectivity index (χ3v) is 12.3. The molecule has 2 rings (SSSR count). The number of hydrogen-bond donors (Lipinski definition) is 2. The molecule has 160 valence electrons. The molecule has 0 aromatic carbocycles. The zero-order chi connectivity index (χ0) is 19.3. The van der Waals surface area contributed by atoms with Crippen molar-refractivity contribution >= 4 is 35.3 Å². The Morgan fingerprint density at radius 3 is 1.15 bits per heavy atom. The van der Waals surface area contributed by atoms with Crippen LogP contribution in [0.25, 0.3) is 0 Å². The van der Waals surface area contributed by atoms with E-state index in [9.17, 15) is 0 Å². The largest absolute Gasteiger partial charge is 0.396 e. The molecule has 0 spiro atoms. The maximum atomic E-state index is 8.81. The molecule has 0 aliphatic carbocycles. The van der Waals surface area contributed by atoms with Crippen molar-refractivity contribution in [2.75, 3.05) is 24.7 Å². The van der Waals surface area contributed by atoms with Crippen LogP contribution in [0.1, 0.15) is 103 Å². The van der Waals surface area contributed by atoms with Gasteiger partial charge in [-0.2, -0.15) is 0 Å². The van der Waals surface area contributed by atoms with Crippen LogP contribution in [-0.4, -0.2) is 43.1 Å². The second kappa shape index (κ2) is 14.1. The van der Waals surface area contributed by atoms with Gasteiger partial charge in [-0.05, 0) is 25.7 Å². The van der Waals surface area contributed by atoms with Gasteiger partial charge in [0.15, 0.2) is 0 Å². The topological polar surface area (TPSA) is 40.5 Å². The lowest BCUT2D eigenvalue weighted by Crippen LogP contribution is -2.21. The van der Waals surface area contributed by atoms with Gasteiger partial charge >= 0.3 is 0 Å². The molecule has 2 nitrogen and oxygen atoms in total. The maximum absolute atomic E-state index is 8.81. The van der Waals surface area contributed by atoms with Crippen molar-refractivity contribution in [1.82, 2.24) is 0 Å². The van der Waals surface area contributed by atoms with E-state index < -0.39 is 0 Å². The Balaban J connectivity index is 1.49. The fourth-order valence-corrected chi connectivity index (χ4v) is 11.0. The quantitative estimate of drug-likeness (QED) is 0.231. The number of rotatable bonds is 18. The first-order chi connectivity index (χ1) is 13.2. The van der Waals surface area contributed by atoms with Gasteiger partial charge in [-0.15, -0.1) is 35.3 Å². The summed E-state index contributed by atoms with van der Waals surface area (Å²) in [6.07, 6.45) is 20.9. The summed E-state index contributed by atoms with van der Waals surface area (Å²) >= 11 is 6.91. The van der Waals surface area contributed by atoms with Crippen molar-refractivity contribution < 1.29 is 10.2 Å². The van der Waals surface area contributed by atoms with E-state index in [1.54, 1.807) is 0 Å². The average molecular weight is 435 g/mol. The third kappa shape index (κ3) is 9.11. The predicted molar refractivity (Wildman–Crippen MR) is 126 cm³/mol. The molecule has 0 saturated carbocycles. The first-order valence-corrected chi connectivity index (χ1v) is 14.2. The van der Waals surface area contributed by atoms with E-state index in [2.05, 4.69) is 35.3 Å². The summed E-state index contributed by atoms with van der Waals surface area (Å²) in [6.45, 7) is 0.724. The molecule has 2 unspecified atom stereocenters. The first-order valence-electron chi connectivity index (χ1n) is 11.4. The highest BCUT2D eigenvalue weighted by atomic mass is 32.2. The summed E-state index contributed by atoms with van der Waals surface area (Å²) in [5, 5.41) is 17.6. The van der Waals surface area contributed by atoms with Crippen LogP contribution < -0.4 is 0 Å². The van der Waals surface area contributed by atoms with Gasteiger partial charge in [0.2, 0.25) is 0 Å². The Hall–Kier alpha value is 0.970. The van der Waals surface area contributed by atoms with Gasteiger partial charge < -0.3 is 10.2 Å². The lowest BCUT2D eigenvalue weighted by Gasteiger charge is -2.25. The summed E-state index contributed by atoms with van der Waals surface area (Å²) in [5.41, 5.74) is 0. The summed E-state index contributed by atoms with van der Waals surface area (Å²) in [6, 6.07) is 0. The monoisotopic (exact) mass is 434 g/mol. The smallest absolute Gasteiger partial charge is 0.0716 e. The summed E-state index contributed by atoms with van der Waals surface area (Å²) < 4.78 is 1.09. The number of unbranched alkanes of at least 4 members (excludes halogenated alkanes) is 12. The van der Waals surface area contributed by atoms with Gasteiger partial charge in [0.05, 0.1) is 8.16 Å². The molecule has 2 saturated heterocycles. The molecular formula is C22H42O2S3. The Morgan fingerprint density at radius 1 is 0.481 bits per heavy atom. The molecule has 27 heavy (non-hydrogen) atoms. The van der Waals surface area contributed by atoms with Gasteiger partial charge in [0, 0.05) is 24.7 Å². The Bertz CT molecular complexity index is 337. The van der Waals surface area contributed by atoms with E-state index in [0.717, 1.165) is 12.8 Å². The highest BCUT2D eigenvalue weighted by molar-refractivity contribution is 8.33. The van der Waals surface area contributed by atoms with Crippen LogP contribution in [0.5, 0.6) is 0 Å².